The van der Waals surface area contributed by atoms with Crippen LogP contribution in [0.1, 0.15) is 0 Å². The van der Waals surface area contributed by atoms with E-state index >= 15 is 0 Å². The number of nitrogens with two attached hydrogens (primary N) is 1. The van der Waals surface area contributed by atoms with E-state index in [9.17, 15) is 4.79 Å². The minimum absolute atomic E-state index is 0.0635. The van der Waals surface area contributed by atoms with Crippen molar-refractivity contribution in [3.05, 3.63) is 40.7 Å². The van der Waals surface area contributed by atoms with Gasteiger partial charge < -0.3 is 10.7 Å². The lowest BCUT2D eigenvalue weighted by molar-refractivity contribution is 1.17. The third kappa shape index (κ3) is 1.55. The van der Waals surface area contributed by atoms with Gasteiger partial charge in [-0.1, -0.05) is 30.3 Å². The fraction of sp³-hybridized carbons (Fsp3) is 0. The summed E-state index contributed by atoms with van der Waals surface area (Å²) < 4.78 is 0. The molecule has 2 heterocycles. The van der Waals surface area contributed by atoms with E-state index in [4.69, 9.17) is 5.73 Å². The predicted molar refractivity (Wildman–Crippen MR) is 64.4 cm³/mol. The third-order valence-corrected chi connectivity index (χ3v) is 2.43. The molecule has 0 atom stereocenters. The summed E-state index contributed by atoms with van der Waals surface area (Å²) in [7, 11) is 0. The van der Waals surface area contributed by atoms with E-state index in [-0.39, 0.29) is 11.5 Å². The van der Waals surface area contributed by atoms with E-state index in [1.165, 1.54) is 0 Å². The maximum atomic E-state index is 11.6. The molecule has 0 spiro atoms. The number of hydrogen-bond donors (Lipinski definition) is 3. The van der Waals surface area contributed by atoms with Crippen LogP contribution in [0.4, 0.5) is 5.95 Å². The number of benzene rings is 1. The number of aromatic amines is 2. The van der Waals surface area contributed by atoms with Gasteiger partial charge in [-0.15, -0.1) is 0 Å². The fourth-order valence-corrected chi connectivity index (χ4v) is 1.66. The third-order valence-electron chi connectivity index (χ3n) is 2.43. The van der Waals surface area contributed by atoms with Gasteiger partial charge in [-0.25, -0.2) is 4.98 Å². The van der Waals surface area contributed by atoms with E-state index in [1.54, 1.807) is 0 Å². The Morgan fingerprint density at radius 2 is 1.82 bits per heavy atom. The van der Waals surface area contributed by atoms with Crippen molar-refractivity contribution in [3.63, 3.8) is 0 Å². The largest absolute Gasteiger partial charge is 0.369 e. The van der Waals surface area contributed by atoms with Crippen LogP contribution in [0.25, 0.3) is 22.6 Å². The molecule has 0 radical (unpaired) electrons. The van der Waals surface area contributed by atoms with E-state index in [0.29, 0.717) is 17.0 Å². The molecule has 0 fully saturated rings. The standard InChI is InChI=1S/C11H9N5O/c12-11-15-9-7(10(17)16-11)13-8(14-9)6-4-2-1-3-5-6/h1-5H,(H4,12,13,14,15,16,17). The number of nitrogens with one attached hydrogen (secondary N) is 2. The van der Waals surface area contributed by atoms with Crippen molar-refractivity contribution in [2.24, 2.45) is 0 Å². The molecule has 0 amide bonds. The summed E-state index contributed by atoms with van der Waals surface area (Å²) in [5.41, 5.74) is 6.68. The van der Waals surface area contributed by atoms with Gasteiger partial charge in [-0.2, -0.15) is 4.98 Å². The van der Waals surface area contributed by atoms with Crippen molar-refractivity contribution < 1.29 is 0 Å². The molecule has 0 saturated heterocycles. The molecule has 1 aromatic carbocycles. The van der Waals surface area contributed by atoms with Crippen molar-refractivity contribution in [1.82, 2.24) is 19.9 Å². The summed E-state index contributed by atoms with van der Waals surface area (Å²) in [4.78, 5) is 25.2. The average Bonchev–Trinajstić information content (AvgIpc) is 2.74. The Bertz CT molecular complexity index is 728. The highest BCUT2D eigenvalue weighted by Crippen LogP contribution is 2.17. The first-order valence-corrected chi connectivity index (χ1v) is 5.05. The number of H-pyrrole nitrogens is 2. The summed E-state index contributed by atoms with van der Waals surface area (Å²) in [6.07, 6.45) is 0. The van der Waals surface area contributed by atoms with E-state index in [2.05, 4.69) is 19.9 Å². The molecule has 6 nitrogen and oxygen atoms in total. The minimum atomic E-state index is -0.317. The molecule has 3 rings (SSSR count). The van der Waals surface area contributed by atoms with Gasteiger partial charge in [0.15, 0.2) is 11.2 Å². The van der Waals surface area contributed by atoms with E-state index in [0.717, 1.165) is 5.56 Å². The zero-order valence-electron chi connectivity index (χ0n) is 8.77. The highest BCUT2D eigenvalue weighted by Gasteiger charge is 2.09. The first kappa shape index (κ1) is 9.59. The van der Waals surface area contributed by atoms with Crippen LogP contribution in [0.3, 0.4) is 0 Å². The number of anilines is 1. The quantitative estimate of drug-likeness (QED) is 0.574. The van der Waals surface area contributed by atoms with Gasteiger partial charge in [0, 0.05) is 5.56 Å². The van der Waals surface area contributed by atoms with Crippen molar-refractivity contribution >= 4 is 17.1 Å². The smallest absolute Gasteiger partial charge is 0.278 e. The fourth-order valence-electron chi connectivity index (χ4n) is 1.66. The minimum Gasteiger partial charge on any atom is -0.369 e. The molecule has 2 aromatic heterocycles. The topological polar surface area (TPSA) is 100 Å². The second-order valence-corrected chi connectivity index (χ2v) is 3.60. The first-order chi connectivity index (χ1) is 8.24. The normalized spacial score (nSPS) is 10.8. The maximum absolute atomic E-state index is 11.6. The number of imidazole rings is 1. The Hall–Kier alpha value is -2.63. The van der Waals surface area contributed by atoms with Crippen molar-refractivity contribution in [1.29, 1.82) is 0 Å². The predicted octanol–water partition coefficient (Wildman–Crippen LogP) is 0.895. The number of fused-ring (bicyclic) bond motifs is 1. The molecule has 0 aliphatic rings. The Labute approximate surface area is 95.5 Å². The second kappa shape index (κ2) is 3.44. The van der Waals surface area contributed by atoms with E-state index < -0.39 is 0 Å². The van der Waals surface area contributed by atoms with Crippen LogP contribution in [0.5, 0.6) is 0 Å². The van der Waals surface area contributed by atoms with Crippen LogP contribution in [0, 0.1) is 0 Å². The first-order valence-electron chi connectivity index (χ1n) is 5.05. The summed E-state index contributed by atoms with van der Waals surface area (Å²) in [5.74, 6) is 0.665. The highest BCUT2D eigenvalue weighted by molar-refractivity contribution is 5.75. The van der Waals surface area contributed by atoms with Crippen LogP contribution in [-0.4, -0.2) is 19.9 Å². The Morgan fingerprint density at radius 1 is 1.06 bits per heavy atom. The average molecular weight is 227 g/mol. The number of nitrogen functional groups attached to an aromatic ring is 1. The van der Waals surface area contributed by atoms with E-state index in [1.807, 2.05) is 30.3 Å². The monoisotopic (exact) mass is 227 g/mol. The molecule has 0 aliphatic heterocycles. The van der Waals surface area contributed by atoms with Crippen molar-refractivity contribution in [2.45, 2.75) is 0 Å². The second-order valence-electron chi connectivity index (χ2n) is 3.60. The summed E-state index contributed by atoms with van der Waals surface area (Å²) >= 11 is 0. The zero-order chi connectivity index (χ0) is 11.8. The molecule has 6 heteroatoms. The molecule has 0 aliphatic carbocycles. The highest BCUT2D eigenvalue weighted by atomic mass is 16.1. The van der Waals surface area contributed by atoms with Crippen molar-refractivity contribution in [2.75, 3.05) is 5.73 Å². The van der Waals surface area contributed by atoms with Crippen molar-refractivity contribution in [3.8, 4) is 11.4 Å². The van der Waals surface area contributed by atoms with Gasteiger partial charge in [0.2, 0.25) is 5.95 Å². The molecule has 0 bridgehead atoms. The molecular formula is C11H9N5O. The van der Waals surface area contributed by atoms with Gasteiger partial charge in [-0.05, 0) is 0 Å². The van der Waals surface area contributed by atoms with Gasteiger partial charge in [-0.3, -0.25) is 9.78 Å². The summed E-state index contributed by atoms with van der Waals surface area (Å²) in [6.45, 7) is 0. The molecule has 17 heavy (non-hydrogen) atoms. The molecule has 0 saturated carbocycles. The Balaban J connectivity index is 2.28. The van der Waals surface area contributed by atoms with Crippen LogP contribution in [0.15, 0.2) is 35.1 Å². The number of rotatable bonds is 1. The van der Waals surface area contributed by atoms with Gasteiger partial charge in [0.05, 0.1) is 0 Å². The van der Waals surface area contributed by atoms with Crippen LogP contribution < -0.4 is 11.3 Å². The summed E-state index contributed by atoms with van der Waals surface area (Å²) in [6, 6.07) is 9.50. The molecule has 3 aromatic rings. The van der Waals surface area contributed by atoms with Crippen LogP contribution in [0.2, 0.25) is 0 Å². The summed E-state index contributed by atoms with van der Waals surface area (Å²) in [5, 5.41) is 0. The Morgan fingerprint density at radius 3 is 2.59 bits per heavy atom. The molecule has 0 unspecified atom stereocenters. The molecule has 84 valence electrons. The van der Waals surface area contributed by atoms with Crippen LogP contribution >= 0.6 is 0 Å². The zero-order valence-corrected chi connectivity index (χ0v) is 8.77. The molecule has 4 N–H and O–H groups in total. The lowest BCUT2D eigenvalue weighted by Gasteiger charge is -1.92. The SMILES string of the molecule is Nc1nc2nc(-c3ccccc3)[nH]c2c(=O)[nH]1. The number of nitrogens with zero attached hydrogens (tertiary/aromatic N) is 2. The maximum Gasteiger partial charge on any atom is 0.278 e. The van der Waals surface area contributed by atoms with Crippen LogP contribution in [-0.2, 0) is 0 Å². The number of hydrogen-bond acceptors (Lipinski definition) is 4. The number of aromatic nitrogens is 4. The lowest BCUT2D eigenvalue weighted by Crippen LogP contribution is -2.10. The lowest BCUT2D eigenvalue weighted by atomic mass is 10.2. The van der Waals surface area contributed by atoms with Gasteiger partial charge >= 0.3 is 0 Å². The van der Waals surface area contributed by atoms with Gasteiger partial charge in [0.1, 0.15) is 5.82 Å². The van der Waals surface area contributed by atoms with Gasteiger partial charge in [0.25, 0.3) is 5.56 Å². The Kier molecular flexibility index (Phi) is 1.94. The molecular weight excluding hydrogens is 218 g/mol.